The molecule has 1 aliphatic heterocycles. The van der Waals surface area contributed by atoms with Gasteiger partial charge in [0, 0.05) is 11.3 Å². The Morgan fingerprint density at radius 3 is 2.29 bits per heavy atom. The van der Waals surface area contributed by atoms with Crippen molar-refractivity contribution >= 4 is 22.6 Å². The van der Waals surface area contributed by atoms with Gasteiger partial charge in [-0.25, -0.2) is 8.93 Å². The number of fused-ring (bicyclic) bond motifs is 1. The van der Waals surface area contributed by atoms with Gasteiger partial charge >= 0.3 is 6.18 Å². The number of benzene rings is 1. The van der Waals surface area contributed by atoms with Crippen molar-refractivity contribution in [3.05, 3.63) is 29.8 Å². The maximum Gasteiger partial charge on any atom is 0.420 e. The summed E-state index contributed by atoms with van der Waals surface area (Å²) in [6.07, 6.45) is -4.93. The van der Waals surface area contributed by atoms with E-state index in [1.165, 1.54) is 45.0 Å². The molecular formula is C13H15F3N2O2S. The Hall–Kier alpha value is -1.41. The summed E-state index contributed by atoms with van der Waals surface area (Å²) >= 11 is 0. The molecule has 0 aromatic heterocycles. The van der Waals surface area contributed by atoms with E-state index in [0.29, 0.717) is 0 Å². The van der Waals surface area contributed by atoms with Crippen molar-refractivity contribution in [3.8, 4) is 0 Å². The molecule has 8 heteroatoms. The summed E-state index contributed by atoms with van der Waals surface area (Å²) in [5, 5.41) is 2.20. The molecule has 0 unspecified atom stereocenters. The monoisotopic (exact) mass is 320 g/mol. The number of hydrogen-bond acceptors (Lipinski definition) is 2. The Kier molecular flexibility index (Phi) is 3.66. The summed E-state index contributed by atoms with van der Waals surface area (Å²) in [5.74, 6) is -1.27. The van der Waals surface area contributed by atoms with E-state index in [4.69, 9.17) is 0 Å². The molecule has 1 aromatic carbocycles. The third-order valence-corrected chi connectivity index (χ3v) is 4.75. The van der Waals surface area contributed by atoms with Crippen LogP contribution in [0.5, 0.6) is 0 Å². The van der Waals surface area contributed by atoms with Crippen LogP contribution in [-0.4, -0.2) is 21.0 Å². The quantitative estimate of drug-likeness (QED) is 0.879. The highest BCUT2D eigenvalue weighted by Crippen LogP contribution is 2.47. The smallest absolute Gasteiger partial charge is 0.323 e. The number of amides is 1. The van der Waals surface area contributed by atoms with E-state index >= 15 is 0 Å². The van der Waals surface area contributed by atoms with Gasteiger partial charge in [0.2, 0.25) is 5.54 Å². The lowest BCUT2D eigenvalue weighted by atomic mass is 9.92. The van der Waals surface area contributed by atoms with E-state index in [-0.39, 0.29) is 11.3 Å². The third kappa shape index (κ3) is 2.46. The highest BCUT2D eigenvalue weighted by atomic mass is 32.2. The van der Waals surface area contributed by atoms with Gasteiger partial charge in [0.1, 0.15) is 0 Å². The van der Waals surface area contributed by atoms with Gasteiger partial charge < -0.3 is 5.32 Å². The predicted molar refractivity (Wildman–Crippen MR) is 73.8 cm³/mol. The zero-order valence-electron chi connectivity index (χ0n) is 11.7. The second kappa shape index (κ2) is 4.81. The van der Waals surface area contributed by atoms with E-state index in [1.54, 1.807) is 0 Å². The molecule has 21 heavy (non-hydrogen) atoms. The van der Waals surface area contributed by atoms with Gasteiger partial charge in [-0.15, -0.1) is 0 Å². The molecule has 0 bridgehead atoms. The number of halogens is 3. The van der Waals surface area contributed by atoms with Gasteiger partial charge in [-0.05, 0) is 26.8 Å². The van der Waals surface area contributed by atoms with E-state index in [1.807, 2.05) is 4.72 Å². The van der Waals surface area contributed by atoms with Gasteiger partial charge in [0.15, 0.2) is 0 Å². The Morgan fingerprint density at radius 2 is 1.76 bits per heavy atom. The zero-order valence-corrected chi connectivity index (χ0v) is 12.5. The summed E-state index contributed by atoms with van der Waals surface area (Å²) in [7, 11) is -2.07. The van der Waals surface area contributed by atoms with E-state index in [2.05, 4.69) is 5.32 Å². The number of carbonyl (C=O) groups excluding carboxylic acids is 1. The van der Waals surface area contributed by atoms with Crippen molar-refractivity contribution in [2.75, 3.05) is 5.32 Å². The van der Waals surface area contributed by atoms with E-state index in [0.717, 1.165) is 0 Å². The lowest BCUT2D eigenvalue weighted by molar-refractivity contribution is -0.193. The number of nitrogens with one attached hydrogen (secondary N) is 2. The molecule has 0 fully saturated rings. The summed E-state index contributed by atoms with van der Waals surface area (Å²) in [5.41, 5.74) is -3.19. The number of hydrogen-bond donors (Lipinski definition) is 2. The molecule has 116 valence electrons. The Labute approximate surface area is 122 Å². The minimum Gasteiger partial charge on any atom is -0.323 e. The minimum absolute atomic E-state index is 0.0678. The SMILES string of the molecule is CC(C)(C)[S@@](=O)N[C@]1(C(F)(F)F)C(=O)Nc2ccccc21. The molecule has 1 heterocycles. The summed E-state index contributed by atoms with van der Waals surface area (Å²) in [4.78, 5) is 12.0. The summed E-state index contributed by atoms with van der Waals surface area (Å²) < 4.78 is 54.1. The van der Waals surface area contributed by atoms with Crippen LogP contribution in [0.4, 0.5) is 18.9 Å². The van der Waals surface area contributed by atoms with Crippen molar-refractivity contribution in [3.63, 3.8) is 0 Å². The molecule has 1 aliphatic rings. The molecule has 0 saturated carbocycles. The van der Waals surface area contributed by atoms with Crippen molar-refractivity contribution in [1.29, 1.82) is 0 Å². The van der Waals surface area contributed by atoms with Crippen LogP contribution in [0.25, 0.3) is 0 Å². The highest BCUT2D eigenvalue weighted by Gasteiger charge is 2.66. The van der Waals surface area contributed by atoms with Crippen molar-refractivity contribution in [1.82, 2.24) is 4.72 Å². The average molecular weight is 320 g/mol. The number of rotatable bonds is 2. The number of carbonyl (C=O) groups is 1. The molecule has 2 atom stereocenters. The molecule has 2 N–H and O–H groups in total. The fraction of sp³-hybridized carbons (Fsp3) is 0.462. The Bertz CT molecular complexity index is 610. The first kappa shape index (κ1) is 16.0. The van der Waals surface area contributed by atoms with E-state index in [9.17, 15) is 22.2 Å². The topological polar surface area (TPSA) is 58.2 Å². The molecule has 4 nitrogen and oxygen atoms in total. The molecule has 0 aliphatic carbocycles. The highest BCUT2D eigenvalue weighted by molar-refractivity contribution is 7.84. The first-order chi connectivity index (χ1) is 9.50. The predicted octanol–water partition coefficient (Wildman–Crippen LogP) is 2.45. The first-order valence-electron chi connectivity index (χ1n) is 6.17. The van der Waals surface area contributed by atoms with Crippen LogP contribution in [0, 0.1) is 0 Å². The van der Waals surface area contributed by atoms with Crippen LogP contribution in [0.15, 0.2) is 24.3 Å². The summed E-state index contributed by atoms with van der Waals surface area (Å²) in [6, 6.07) is 5.50. The molecule has 1 aromatic rings. The Morgan fingerprint density at radius 1 is 1.19 bits per heavy atom. The average Bonchev–Trinajstić information content (AvgIpc) is 2.61. The van der Waals surface area contributed by atoms with Gasteiger partial charge in [0.25, 0.3) is 5.91 Å². The second-order valence-corrected chi connectivity index (χ2v) is 7.70. The minimum atomic E-state index is -4.93. The molecule has 0 spiro atoms. The van der Waals surface area contributed by atoms with Crippen molar-refractivity contribution < 1.29 is 22.2 Å². The fourth-order valence-electron chi connectivity index (χ4n) is 1.99. The van der Waals surface area contributed by atoms with Gasteiger partial charge in [-0.2, -0.15) is 13.2 Å². The van der Waals surface area contributed by atoms with Gasteiger partial charge in [0.05, 0.1) is 15.7 Å². The number of para-hydroxylation sites is 1. The Balaban J connectivity index is 2.60. The van der Waals surface area contributed by atoms with Crippen LogP contribution in [0.3, 0.4) is 0 Å². The molecule has 0 saturated heterocycles. The second-order valence-electron chi connectivity index (χ2n) is 5.73. The van der Waals surface area contributed by atoms with Crippen LogP contribution in [-0.2, 0) is 21.3 Å². The van der Waals surface area contributed by atoms with Crippen LogP contribution in [0.1, 0.15) is 26.3 Å². The molecule has 2 rings (SSSR count). The van der Waals surface area contributed by atoms with Gasteiger partial charge in [-0.1, -0.05) is 18.2 Å². The molecule has 0 radical (unpaired) electrons. The van der Waals surface area contributed by atoms with Crippen LogP contribution < -0.4 is 10.0 Å². The van der Waals surface area contributed by atoms with Crippen LogP contribution in [0.2, 0.25) is 0 Å². The molecule has 1 amide bonds. The maximum absolute atomic E-state index is 13.6. The third-order valence-electron chi connectivity index (χ3n) is 3.15. The van der Waals surface area contributed by atoms with Crippen molar-refractivity contribution in [2.24, 2.45) is 0 Å². The normalized spacial score (nSPS) is 23.6. The standard InChI is InChI=1S/C13H15F3N2O2S/c1-11(2,3)21(20)18-12(13(14,15)16)8-6-4-5-7-9(8)17-10(12)19/h4-7,18H,1-3H3,(H,17,19)/t12-,21+/m0/s1. The fourth-order valence-corrected chi connectivity index (χ4v) is 2.89. The zero-order chi connectivity index (χ0) is 16.1. The maximum atomic E-state index is 13.6. The van der Waals surface area contributed by atoms with E-state index < -0.39 is 33.4 Å². The van der Waals surface area contributed by atoms with Crippen molar-refractivity contribution in [2.45, 2.75) is 37.2 Å². The lowest BCUT2D eigenvalue weighted by Gasteiger charge is -2.33. The lowest BCUT2D eigenvalue weighted by Crippen LogP contribution is -2.60. The largest absolute Gasteiger partial charge is 0.420 e. The summed E-state index contributed by atoms with van der Waals surface area (Å²) in [6.45, 7) is 4.58. The first-order valence-corrected chi connectivity index (χ1v) is 7.32. The number of anilines is 1. The van der Waals surface area contributed by atoms with Crippen LogP contribution >= 0.6 is 0 Å². The molecular weight excluding hydrogens is 305 g/mol. The van der Waals surface area contributed by atoms with Gasteiger partial charge in [-0.3, -0.25) is 4.79 Å². The number of alkyl halides is 3.